The minimum atomic E-state index is -3.17. The van der Waals surface area contributed by atoms with Crippen LogP contribution in [0.25, 0.3) is 0 Å². The average molecular weight is 408 g/mol. The van der Waals surface area contributed by atoms with Gasteiger partial charge in [0, 0.05) is 36.3 Å². The van der Waals surface area contributed by atoms with Crippen molar-refractivity contribution in [1.82, 2.24) is 4.90 Å². The number of rotatable bonds is 7. The standard InChI is InChI=1S/C21H26ClNO3S/c1-16-12-18(14-23(16)11-10-17-4-3-5-19(22)13-17)15-26-20-6-8-21(9-7-20)27(2,24)25/h3-9,13,16,18H,10-12,14-15H2,1-2H3/t16-,18+/m0/s1. The van der Waals surface area contributed by atoms with Crippen LogP contribution in [0.5, 0.6) is 5.75 Å². The molecule has 27 heavy (non-hydrogen) atoms. The van der Waals surface area contributed by atoms with E-state index < -0.39 is 9.84 Å². The van der Waals surface area contributed by atoms with Crippen molar-refractivity contribution < 1.29 is 13.2 Å². The molecular weight excluding hydrogens is 382 g/mol. The van der Waals surface area contributed by atoms with Gasteiger partial charge in [-0.1, -0.05) is 23.7 Å². The minimum Gasteiger partial charge on any atom is -0.493 e. The highest BCUT2D eigenvalue weighted by Gasteiger charge is 2.29. The first-order valence-electron chi connectivity index (χ1n) is 9.22. The third-order valence-corrected chi connectivity index (χ3v) is 6.47. The lowest BCUT2D eigenvalue weighted by atomic mass is 10.1. The van der Waals surface area contributed by atoms with E-state index in [0.29, 0.717) is 29.2 Å². The molecule has 1 saturated heterocycles. The van der Waals surface area contributed by atoms with Crippen molar-refractivity contribution in [2.45, 2.75) is 30.7 Å². The van der Waals surface area contributed by atoms with Crippen molar-refractivity contribution >= 4 is 21.4 Å². The molecule has 1 heterocycles. The van der Waals surface area contributed by atoms with Crippen molar-refractivity contribution in [3.8, 4) is 5.75 Å². The predicted molar refractivity (Wildman–Crippen MR) is 109 cm³/mol. The molecule has 1 aliphatic heterocycles. The summed E-state index contributed by atoms with van der Waals surface area (Å²) in [6, 6.07) is 15.2. The molecule has 0 radical (unpaired) electrons. The van der Waals surface area contributed by atoms with Crippen LogP contribution in [-0.2, 0) is 16.3 Å². The number of halogens is 1. The van der Waals surface area contributed by atoms with Crippen LogP contribution >= 0.6 is 11.6 Å². The maximum absolute atomic E-state index is 11.5. The Labute approximate surface area is 167 Å². The summed E-state index contributed by atoms with van der Waals surface area (Å²) < 4.78 is 28.9. The van der Waals surface area contributed by atoms with E-state index in [4.69, 9.17) is 16.3 Å². The van der Waals surface area contributed by atoms with E-state index in [-0.39, 0.29) is 0 Å². The zero-order chi connectivity index (χ0) is 19.4. The largest absolute Gasteiger partial charge is 0.493 e. The van der Waals surface area contributed by atoms with Crippen molar-refractivity contribution in [3.63, 3.8) is 0 Å². The number of benzene rings is 2. The van der Waals surface area contributed by atoms with Gasteiger partial charge in [0.1, 0.15) is 5.75 Å². The zero-order valence-corrected chi connectivity index (χ0v) is 17.3. The molecule has 3 rings (SSSR count). The molecule has 2 aromatic carbocycles. The number of hydrogen-bond donors (Lipinski definition) is 0. The lowest BCUT2D eigenvalue weighted by Gasteiger charge is -2.21. The Morgan fingerprint density at radius 1 is 1.19 bits per heavy atom. The third-order valence-electron chi connectivity index (χ3n) is 5.10. The predicted octanol–water partition coefficient (Wildman–Crippen LogP) is 4.08. The SMILES string of the molecule is C[C@H]1C[C@@H](COc2ccc(S(C)(=O)=O)cc2)CN1CCc1cccc(Cl)c1. The quantitative estimate of drug-likeness (QED) is 0.693. The molecule has 0 aliphatic carbocycles. The molecule has 4 nitrogen and oxygen atoms in total. The van der Waals surface area contributed by atoms with Gasteiger partial charge >= 0.3 is 0 Å². The molecule has 0 spiro atoms. The fourth-order valence-electron chi connectivity index (χ4n) is 3.61. The van der Waals surface area contributed by atoms with Gasteiger partial charge in [0.05, 0.1) is 11.5 Å². The Morgan fingerprint density at radius 3 is 2.59 bits per heavy atom. The highest BCUT2D eigenvalue weighted by atomic mass is 35.5. The van der Waals surface area contributed by atoms with Crippen molar-refractivity contribution in [1.29, 1.82) is 0 Å². The third kappa shape index (κ3) is 5.71. The Kier molecular flexibility index (Phi) is 6.45. The molecule has 0 amide bonds. The maximum Gasteiger partial charge on any atom is 0.175 e. The first kappa shape index (κ1) is 20.2. The van der Waals surface area contributed by atoms with E-state index in [1.807, 2.05) is 18.2 Å². The Hall–Kier alpha value is -1.56. The summed E-state index contributed by atoms with van der Waals surface area (Å²) in [5.74, 6) is 1.20. The van der Waals surface area contributed by atoms with Crippen LogP contribution in [0, 0.1) is 5.92 Å². The Bertz CT molecular complexity index is 867. The molecule has 0 saturated carbocycles. The summed E-state index contributed by atoms with van der Waals surface area (Å²) in [6.45, 7) is 4.94. The molecule has 6 heteroatoms. The fraction of sp³-hybridized carbons (Fsp3) is 0.429. The molecule has 0 unspecified atom stereocenters. The lowest BCUT2D eigenvalue weighted by molar-refractivity contribution is 0.234. The summed E-state index contributed by atoms with van der Waals surface area (Å²) >= 11 is 6.06. The van der Waals surface area contributed by atoms with E-state index in [9.17, 15) is 8.42 Å². The van der Waals surface area contributed by atoms with Gasteiger partial charge in [-0.05, 0) is 61.7 Å². The molecule has 0 bridgehead atoms. The van der Waals surface area contributed by atoms with Gasteiger partial charge in [-0.25, -0.2) is 8.42 Å². The van der Waals surface area contributed by atoms with Crippen LogP contribution in [0.3, 0.4) is 0 Å². The van der Waals surface area contributed by atoms with Gasteiger partial charge in [0.2, 0.25) is 0 Å². The fourth-order valence-corrected chi connectivity index (χ4v) is 4.46. The second-order valence-corrected chi connectivity index (χ2v) is 9.83. The van der Waals surface area contributed by atoms with E-state index >= 15 is 0 Å². The summed E-state index contributed by atoms with van der Waals surface area (Å²) in [7, 11) is -3.17. The molecule has 0 aromatic heterocycles. The molecule has 146 valence electrons. The van der Waals surface area contributed by atoms with Gasteiger partial charge in [0.15, 0.2) is 9.84 Å². The monoisotopic (exact) mass is 407 g/mol. The molecular formula is C21H26ClNO3S. The smallest absolute Gasteiger partial charge is 0.175 e. The van der Waals surface area contributed by atoms with Crippen LogP contribution in [0.2, 0.25) is 5.02 Å². The van der Waals surface area contributed by atoms with Crippen LogP contribution in [-0.4, -0.2) is 45.3 Å². The van der Waals surface area contributed by atoms with Crippen molar-refractivity contribution in [2.24, 2.45) is 5.92 Å². The van der Waals surface area contributed by atoms with E-state index in [1.54, 1.807) is 24.3 Å². The molecule has 1 fully saturated rings. The van der Waals surface area contributed by atoms with Gasteiger partial charge < -0.3 is 4.74 Å². The number of ether oxygens (including phenoxy) is 1. The van der Waals surface area contributed by atoms with Gasteiger partial charge in [-0.2, -0.15) is 0 Å². The maximum atomic E-state index is 11.5. The molecule has 2 aromatic rings. The van der Waals surface area contributed by atoms with Crippen molar-refractivity contribution in [2.75, 3.05) is 26.0 Å². The summed E-state index contributed by atoms with van der Waals surface area (Å²) in [5.41, 5.74) is 1.26. The number of sulfone groups is 1. The number of nitrogens with zero attached hydrogens (tertiary/aromatic N) is 1. The highest BCUT2D eigenvalue weighted by molar-refractivity contribution is 7.90. The van der Waals surface area contributed by atoms with Gasteiger partial charge in [0.25, 0.3) is 0 Å². The summed E-state index contributed by atoms with van der Waals surface area (Å²) in [5, 5.41) is 0.787. The van der Waals surface area contributed by atoms with E-state index in [0.717, 1.165) is 31.0 Å². The highest BCUT2D eigenvalue weighted by Crippen LogP contribution is 2.25. The topological polar surface area (TPSA) is 46.6 Å². The van der Waals surface area contributed by atoms with Gasteiger partial charge in [-0.3, -0.25) is 4.90 Å². The Morgan fingerprint density at radius 2 is 1.93 bits per heavy atom. The zero-order valence-electron chi connectivity index (χ0n) is 15.8. The first-order valence-corrected chi connectivity index (χ1v) is 11.5. The second-order valence-electron chi connectivity index (χ2n) is 7.38. The van der Waals surface area contributed by atoms with Crippen LogP contribution in [0.1, 0.15) is 18.9 Å². The minimum absolute atomic E-state index is 0.316. The van der Waals surface area contributed by atoms with E-state index in [2.05, 4.69) is 17.9 Å². The molecule has 1 aliphatic rings. The summed E-state index contributed by atoms with van der Waals surface area (Å²) in [6.07, 6.45) is 3.31. The molecule has 2 atom stereocenters. The summed E-state index contributed by atoms with van der Waals surface area (Å²) in [4.78, 5) is 2.82. The van der Waals surface area contributed by atoms with Crippen molar-refractivity contribution in [3.05, 3.63) is 59.1 Å². The average Bonchev–Trinajstić information content (AvgIpc) is 2.98. The van der Waals surface area contributed by atoms with Gasteiger partial charge in [-0.15, -0.1) is 0 Å². The normalized spacial score (nSPS) is 20.7. The number of hydrogen-bond acceptors (Lipinski definition) is 4. The van der Waals surface area contributed by atoms with Crippen LogP contribution < -0.4 is 4.74 Å². The second kappa shape index (κ2) is 8.63. The van der Waals surface area contributed by atoms with Crippen LogP contribution in [0.4, 0.5) is 0 Å². The Balaban J connectivity index is 1.48. The number of likely N-dealkylation sites (tertiary alicyclic amines) is 1. The first-order chi connectivity index (χ1) is 12.8. The lowest BCUT2D eigenvalue weighted by Crippen LogP contribution is -2.29. The van der Waals surface area contributed by atoms with Crippen LogP contribution in [0.15, 0.2) is 53.4 Å². The van der Waals surface area contributed by atoms with E-state index in [1.165, 1.54) is 11.8 Å². The molecule has 0 N–H and O–H groups in total.